The predicted molar refractivity (Wildman–Crippen MR) is 40.5 cm³/mol. The Morgan fingerprint density at radius 3 is 2.50 bits per heavy atom. The number of carboxylic acids is 1. The molecule has 0 saturated heterocycles. The number of halogens is 1. The first-order chi connectivity index (χ1) is 5.13. The SMILES string of the molecule is Cc1cccc(C(=O)[O-])c1Cl.[Na+]. The first-order valence-electron chi connectivity index (χ1n) is 3.09. The molecule has 0 bridgehead atoms. The van der Waals surface area contributed by atoms with Gasteiger partial charge in [-0.3, -0.25) is 0 Å². The number of hydrogen-bond acceptors (Lipinski definition) is 2. The average molecular weight is 193 g/mol. The fourth-order valence-corrected chi connectivity index (χ4v) is 1.01. The molecule has 2 nitrogen and oxygen atoms in total. The van der Waals surface area contributed by atoms with Crippen molar-refractivity contribution >= 4 is 17.6 Å². The van der Waals surface area contributed by atoms with Crippen molar-refractivity contribution < 1.29 is 39.5 Å². The number of carboxylic acid groups (broad SMARTS) is 1. The molecular formula is C8H6ClNaO2. The first-order valence-corrected chi connectivity index (χ1v) is 3.47. The Kier molecular flexibility index (Phi) is 4.87. The van der Waals surface area contributed by atoms with Crippen LogP contribution in [0.3, 0.4) is 0 Å². The fraction of sp³-hybridized carbons (Fsp3) is 0.125. The molecule has 0 amide bonds. The molecule has 4 heteroatoms. The van der Waals surface area contributed by atoms with Gasteiger partial charge in [0.1, 0.15) is 0 Å². The quantitative estimate of drug-likeness (QED) is 0.484. The number of hydrogen-bond donors (Lipinski definition) is 0. The zero-order valence-electron chi connectivity index (χ0n) is 6.93. The molecule has 58 valence electrons. The van der Waals surface area contributed by atoms with E-state index in [2.05, 4.69) is 0 Å². The van der Waals surface area contributed by atoms with Gasteiger partial charge in [0.25, 0.3) is 0 Å². The summed E-state index contributed by atoms with van der Waals surface area (Å²) in [5.41, 5.74) is 0.792. The van der Waals surface area contributed by atoms with Gasteiger partial charge in [-0.1, -0.05) is 29.8 Å². The summed E-state index contributed by atoms with van der Waals surface area (Å²) in [6.07, 6.45) is 0. The van der Waals surface area contributed by atoms with Gasteiger partial charge in [-0.2, -0.15) is 0 Å². The summed E-state index contributed by atoms with van der Waals surface area (Å²) in [6.45, 7) is 1.74. The van der Waals surface area contributed by atoms with Crippen molar-refractivity contribution in [1.29, 1.82) is 0 Å². The van der Waals surface area contributed by atoms with Crippen LogP contribution in [0, 0.1) is 6.92 Å². The topological polar surface area (TPSA) is 40.1 Å². The molecule has 0 heterocycles. The van der Waals surface area contributed by atoms with E-state index in [1.54, 1.807) is 19.1 Å². The van der Waals surface area contributed by atoms with Gasteiger partial charge in [-0.05, 0) is 12.5 Å². The fourth-order valence-electron chi connectivity index (χ4n) is 0.805. The van der Waals surface area contributed by atoms with E-state index in [1.807, 2.05) is 0 Å². The normalized spacial score (nSPS) is 8.83. The standard InChI is InChI=1S/C8H7ClO2.Na/c1-5-3-2-4-6(7(5)9)8(10)11;/h2-4H,1H3,(H,10,11);/q;+1/p-1. The summed E-state index contributed by atoms with van der Waals surface area (Å²) in [7, 11) is 0. The van der Waals surface area contributed by atoms with Gasteiger partial charge in [0.15, 0.2) is 0 Å². The van der Waals surface area contributed by atoms with Crippen molar-refractivity contribution in [3.8, 4) is 0 Å². The molecule has 1 aromatic rings. The first kappa shape index (κ1) is 12.0. The number of carbonyl (C=O) groups excluding carboxylic acids is 1. The summed E-state index contributed by atoms with van der Waals surface area (Å²) in [6, 6.07) is 4.80. The Hall–Kier alpha value is -0.0200. The van der Waals surface area contributed by atoms with Gasteiger partial charge in [0.05, 0.1) is 11.0 Å². The van der Waals surface area contributed by atoms with Crippen molar-refractivity contribution in [3.05, 3.63) is 34.3 Å². The maximum atomic E-state index is 10.4. The molecule has 1 rings (SSSR count). The molecule has 0 aliphatic rings. The van der Waals surface area contributed by atoms with Crippen molar-refractivity contribution in [2.45, 2.75) is 6.92 Å². The van der Waals surface area contributed by atoms with Crippen LogP contribution >= 0.6 is 11.6 Å². The third kappa shape index (κ3) is 2.49. The van der Waals surface area contributed by atoms with E-state index >= 15 is 0 Å². The van der Waals surface area contributed by atoms with Gasteiger partial charge < -0.3 is 9.90 Å². The van der Waals surface area contributed by atoms with Gasteiger partial charge >= 0.3 is 29.6 Å². The van der Waals surface area contributed by atoms with E-state index in [0.29, 0.717) is 0 Å². The van der Waals surface area contributed by atoms with Gasteiger partial charge in [-0.15, -0.1) is 0 Å². The summed E-state index contributed by atoms with van der Waals surface area (Å²) in [5, 5.41) is 10.6. The maximum absolute atomic E-state index is 10.4. The molecule has 0 unspecified atom stereocenters. The molecule has 1 aromatic carbocycles. The zero-order valence-corrected chi connectivity index (χ0v) is 9.68. The predicted octanol–water partition coefficient (Wildman–Crippen LogP) is -1.98. The summed E-state index contributed by atoms with van der Waals surface area (Å²) < 4.78 is 0. The number of carbonyl (C=O) groups is 1. The Labute approximate surface area is 97.8 Å². The smallest absolute Gasteiger partial charge is 0.545 e. The molecule has 0 atom stereocenters. The average Bonchev–Trinajstić information content (AvgIpc) is 1.94. The molecule has 0 radical (unpaired) electrons. The number of benzene rings is 1. The number of aromatic carboxylic acids is 1. The van der Waals surface area contributed by atoms with Gasteiger partial charge in [-0.25, -0.2) is 0 Å². The minimum Gasteiger partial charge on any atom is -0.545 e. The zero-order chi connectivity index (χ0) is 8.43. The largest absolute Gasteiger partial charge is 1.00 e. The van der Waals surface area contributed by atoms with Crippen LogP contribution in [-0.2, 0) is 0 Å². The molecule has 0 fully saturated rings. The van der Waals surface area contributed by atoms with Crippen LogP contribution in [-0.4, -0.2) is 5.97 Å². The minimum absolute atomic E-state index is 0. The van der Waals surface area contributed by atoms with Crippen molar-refractivity contribution in [1.82, 2.24) is 0 Å². The summed E-state index contributed by atoms with van der Waals surface area (Å²) in [4.78, 5) is 10.4. The molecule has 0 aliphatic heterocycles. The van der Waals surface area contributed by atoms with Crippen LogP contribution in [0.25, 0.3) is 0 Å². The molecule has 0 aromatic heterocycles. The van der Waals surface area contributed by atoms with E-state index in [9.17, 15) is 9.90 Å². The summed E-state index contributed by atoms with van der Waals surface area (Å²) in [5.74, 6) is -1.24. The molecular weight excluding hydrogens is 187 g/mol. The molecule has 0 spiro atoms. The second-order valence-electron chi connectivity index (χ2n) is 2.22. The number of rotatable bonds is 1. The monoisotopic (exact) mass is 192 g/mol. The van der Waals surface area contributed by atoms with Crippen LogP contribution in [0.2, 0.25) is 5.02 Å². The Balaban J connectivity index is 0.00000121. The van der Waals surface area contributed by atoms with Crippen molar-refractivity contribution in [2.24, 2.45) is 0 Å². The molecule has 0 N–H and O–H groups in total. The maximum Gasteiger partial charge on any atom is 1.00 e. The van der Waals surface area contributed by atoms with Crippen molar-refractivity contribution in [2.75, 3.05) is 0 Å². The Bertz CT molecular complexity index is 299. The van der Waals surface area contributed by atoms with Gasteiger partial charge in [0.2, 0.25) is 0 Å². The van der Waals surface area contributed by atoms with Crippen LogP contribution in [0.5, 0.6) is 0 Å². The van der Waals surface area contributed by atoms with E-state index in [-0.39, 0.29) is 40.1 Å². The van der Waals surface area contributed by atoms with E-state index in [1.165, 1.54) is 6.07 Å². The number of aryl methyl sites for hydroxylation is 1. The molecule has 0 aliphatic carbocycles. The third-order valence-corrected chi connectivity index (χ3v) is 1.91. The second kappa shape index (κ2) is 4.87. The van der Waals surface area contributed by atoms with Crippen LogP contribution in [0.15, 0.2) is 18.2 Å². The second-order valence-corrected chi connectivity index (χ2v) is 2.60. The minimum atomic E-state index is -1.24. The molecule has 12 heavy (non-hydrogen) atoms. The van der Waals surface area contributed by atoms with E-state index in [0.717, 1.165) is 5.56 Å². The van der Waals surface area contributed by atoms with Crippen LogP contribution in [0.4, 0.5) is 0 Å². The van der Waals surface area contributed by atoms with Gasteiger partial charge in [0, 0.05) is 5.56 Å². The molecule has 0 saturated carbocycles. The van der Waals surface area contributed by atoms with Crippen LogP contribution < -0.4 is 34.7 Å². The summed E-state index contributed by atoms with van der Waals surface area (Å²) >= 11 is 5.67. The Morgan fingerprint density at radius 1 is 1.50 bits per heavy atom. The van der Waals surface area contributed by atoms with E-state index < -0.39 is 5.97 Å². The van der Waals surface area contributed by atoms with E-state index in [4.69, 9.17) is 11.6 Å². The Morgan fingerprint density at radius 2 is 2.08 bits per heavy atom. The third-order valence-electron chi connectivity index (χ3n) is 1.41. The van der Waals surface area contributed by atoms with Crippen LogP contribution in [0.1, 0.15) is 15.9 Å². The van der Waals surface area contributed by atoms with Crippen molar-refractivity contribution in [3.63, 3.8) is 0 Å².